The first-order valence-corrected chi connectivity index (χ1v) is 7.50. The molecule has 0 fully saturated rings. The molecular formula is C16H28N2. The van der Waals surface area contributed by atoms with Gasteiger partial charge in [-0.15, -0.1) is 0 Å². The first-order chi connectivity index (χ1) is 8.54. The fourth-order valence-electron chi connectivity index (χ4n) is 3.43. The summed E-state index contributed by atoms with van der Waals surface area (Å²) in [6.07, 6.45) is 6.14. The summed E-state index contributed by atoms with van der Waals surface area (Å²) in [5.74, 6) is 0.801. The van der Waals surface area contributed by atoms with Gasteiger partial charge < -0.3 is 10.3 Å². The lowest BCUT2D eigenvalue weighted by molar-refractivity contribution is 0.383. The van der Waals surface area contributed by atoms with Crippen LogP contribution in [-0.2, 0) is 6.42 Å². The van der Waals surface area contributed by atoms with Gasteiger partial charge in [-0.1, -0.05) is 20.3 Å². The molecule has 2 N–H and O–H groups in total. The molecule has 0 spiro atoms. The molecule has 2 rings (SSSR count). The molecule has 0 aromatic carbocycles. The highest BCUT2D eigenvalue weighted by Gasteiger charge is 2.24. The van der Waals surface area contributed by atoms with Crippen molar-refractivity contribution >= 4 is 0 Å². The molecule has 3 atom stereocenters. The molecule has 0 amide bonds. The van der Waals surface area contributed by atoms with Gasteiger partial charge in [0.1, 0.15) is 0 Å². The van der Waals surface area contributed by atoms with Crippen molar-refractivity contribution in [3.8, 4) is 0 Å². The van der Waals surface area contributed by atoms with E-state index in [-0.39, 0.29) is 6.04 Å². The zero-order valence-corrected chi connectivity index (χ0v) is 12.4. The largest absolute Gasteiger partial charge is 0.346 e. The van der Waals surface area contributed by atoms with E-state index in [2.05, 4.69) is 38.3 Å². The molecule has 0 radical (unpaired) electrons. The second kappa shape index (κ2) is 5.48. The van der Waals surface area contributed by atoms with E-state index in [0.29, 0.717) is 6.04 Å². The van der Waals surface area contributed by atoms with Gasteiger partial charge in [-0.2, -0.15) is 0 Å². The number of rotatable bonds is 4. The van der Waals surface area contributed by atoms with Crippen LogP contribution in [0.2, 0.25) is 0 Å². The van der Waals surface area contributed by atoms with Crippen molar-refractivity contribution in [2.24, 2.45) is 11.7 Å². The van der Waals surface area contributed by atoms with Gasteiger partial charge in [0.2, 0.25) is 0 Å². The van der Waals surface area contributed by atoms with Crippen LogP contribution < -0.4 is 5.73 Å². The predicted molar refractivity (Wildman–Crippen MR) is 77.8 cm³/mol. The first-order valence-electron chi connectivity index (χ1n) is 7.50. The van der Waals surface area contributed by atoms with E-state index in [1.165, 1.54) is 42.6 Å². The molecular weight excluding hydrogens is 220 g/mol. The summed E-state index contributed by atoms with van der Waals surface area (Å²) in [6, 6.07) is 3.20. The minimum atomic E-state index is 0.268. The summed E-state index contributed by atoms with van der Waals surface area (Å²) in [4.78, 5) is 0. The molecule has 1 aliphatic rings. The van der Waals surface area contributed by atoms with Crippen LogP contribution in [-0.4, -0.2) is 4.57 Å². The number of nitrogens with zero attached hydrogens (tertiary/aromatic N) is 1. The van der Waals surface area contributed by atoms with Crippen LogP contribution in [0.4, 0.5) is 0 Å². The summed E-state index contributed by atoms with van der Waals surface area (Å²) < 4.78 is 2.56. The van der Waals surface area contributed by atoms with Crippen molar-refractivity contribution in [3.63, 3.8) is 0 Å². The smallest absolute Gasteiger partial charge is 0.0313 e. The molecule has 2 nitrogen and oxygen atoms in total. The molecule has 102 valence electrons. The van der Waals surface area contributed by atoms with Crippen molar-refractivity contribution in [2.75, 3.05) is 0 Å². The normalized spacial score (nSPS) is 22.6. The average Bonchev–Trinajstić information content (AvgIpc) is 2.67. The van der Waals surface area contributed by atoms with Gasteiger partial charge in [0.05, 0.1) is 0 Å². The van der Waals surface area contributed by atoms with Crippen molar-refractivity contribution in [2.45, 2.75) is 71.9 Å². The lowest BCUT2D eigenvalue weighted by Gasteiger charge is -2.26. The molecule has 2 heteroatoms. The summed E-state index contributed by atoms with van der Waals surface area (Å²) in [5.41, 5.74) is 10.6. The first kappa shape index (κ1) is 13.7. The van der Waals surface area contributed by atoms with E-state index in [1.54, 1.807) is 0 Å². The van der Waals surface area contributed by atoms with Crippen LogP contribution >= 0.6 is 0 Å². The maximum Gasteiger partial charge on any atom is 0.0313 e. The number of aromatic nitrogens is 1. The number of aryl methyl sites for hydroxylation is 1. The summed E-state index contributed by atoms with van der Waals surface area (Å²) in [5, 5.41) is 0. The van der Waals surface area contributed by atoms with Gasteiger partial charge in [-0.3, -0.25) is 0 Å². The third kappa shape index (κ3) is 2.49. The highest BCUT2D eigenvalue weighted by Crippen LogP contribution is 2.34. The van der Waals surface area contributed by atoms with E-state index in [4.69, 9.17) is 5.73 Å². The highest BCUT2D eigenvalue weighted by molar-refractivity contribution is 5.33. The Hall–Kier alpha value is -0.760. The Bertz CT molecular complexity index is 405. The molecule has 1 heterocycles. The van der Waals surface area contributed by atoms with Crippen LogP contribution in [0.1, 0.15) is 75.5 Å². The maximum absolute atomic E-state index is 6.24. The molecule has 1 aromatic heterocycles. The third-order valence-electron chi connectivity index (χ3n) is 4.58. The lowest BCUT2D eigenvalue weighted by atomic mass is 9.93. The van der Waals surface area contributed by atoms with E-state index in [0.717, 1.165) is 12.3 Å². The van der Waals surface area contributed by atoms with E-state index in [1.807, 2.05) is 0 Å². The Balaban J connectivity index is 2.27. The molecule has 0 bridgehead atoms. The summed E-state index contributed by atoms with van der Waals surface area (Å²) in [6.45, 7) is 9.23. The lowest BCUT2D eigenvalue weighted by Crippen LogP contribution is -2.20. The second-order valence-corrected chi connectivity index (χ2v) is 6.15. The monoisotopic (exact) mass is 248 g/mol. The van der Waals surface area contributed by atoms with Crippen molar-refractivity contribution in [1.82, 2.24) is 4.57 Å². The highest BCUT2D eigenvalue weighted by atomic mass is 15.0. The molecule has 1 aliphatic carbocycles. The zero-order valence-electron chi connectivity index (χ0n) is 12.4. The molecule has 18 heavy (non-hydrogen) atoms. The predicted octanol–water partition coefficient (Wildman–Crippen LogP) is 4.13. The second-order valence-electron chi connectivity index (χ2n) is 6.15. The minimum Gasteiger partial charge on any atom is -0.346 e. The number of nitrogens with two attached hydrogens (primary N) is 1. The molecule has 0 saturated heterocycles. The Morgan fingerprint density at radius 1 is 1.44 bits per heavy atom. The van der Waals surface area contributed by atoms with Gasteiger partial charge in [0, 0.05) is 23.5 Å². The quantitative estimate of drug-likeness (QED) is 0.853. The van der Waals surface area contributed by atoms with Crippen LogP contribution in [0.5, 0.6) is 0 Å². The number of hydrogen-bond acceptors (Lipinski definition) is 1. The van der Waals surface area contributed by atoms with Crippen molar-refractivity contribution < 1.29 is 0 Å². The molecule has 1 aromatic rings. The van der Waals surface area contributed by atoms with Gasteiger partial charge in [0.15, 0.2) is 0 Å². The van der Waals surface area contributed by atoms with Gasteiger partial charge in [-0.05, 0) is 57.1 Å². The Kier molecular flexibility index (Phi) is 4.16. The zero-order chi connectivity index (χ0) is 13.3. The van der Waals surface area contributed by atoms with E-state index < -0.39 is 0 Å². The SMILES string of the molecule is CCC(C)CC(C)n1c(C)cc2c1CCCC2N. The maximum atomic E-state index is 6.24. The Labute approximate surface area is 112 Å². The molecule has 0 saturated carbocycles. The topological polar surface area (TPSA) is 30.9 Å². The van der Waals surface area contributed by atoms with E-state index >= 15 is 0 Å². The fraction of sp³-hybridized carbons (Fsp3) is 0.750. The Morgan fingerprint density at radius 2 is 2.17 bits per heavy atom. The van der Waals surface area contributed by atoms with Crippen molar-refractivity contribution in [1.29, 1.82) is 0 Å². The van der Waals surface area contributed by atoms with Gasteiger partial charge in [0.25, 0.3) is 0 Å². The standard InChI is InChI=1S/C16H28N2/c1-5-11(2)9-12(3)18-13(4)10-14-15(17)7-6-8-16(14)18/h10-12,15H,5-9,17H2,1-4H3. The molecule has 3 unspecified atom stereocenters. The van der Waals surface area contributed by atoms with Crippen LogP contribution in [0, 0.1) is 12.8 Å². The fourth-order valence-corrected chi connectivity index (χ4v) is 3.43. The number of fused-ring (bicyclic) bond motifs is 1. The summed E-state index contributed by atoms with van der Waals surface area (Å²) >= 11 is 0. The third-order valence-corrected chi connectivity index (χ3v) is 4.58. The average molecular weight is 248 g/mol. The summed E-state index contributed by atoms with van der Waals surface area (Å²) in [7, 11) is 0. The Morgan fingerprint density at radius 3 is 2.83 bits per heavy atom. The van der Waals surface area contributed by atoms with Crippen LogP contribution in [0.15, 0.2) is 6.07 Å². The number of hydrogen-bond donors (Lipinski definition) is 1. The van der Waals surface area contributed by atoms with Gasteiger partial charge >= 0.3 is 0 Å². The minimum absolute atomic E-state index is 0.268. The van der Waals surface area contributed by atoms with Crippen LogP contribution in [0.25, 0.3) is 0 Å². The van der Waals surface area contributed by atoms with Gasteiger partial charge in [-0.25, -0.2) is 0 Å². The van der Waals surface area contributed by atoms with Crippen molar-refractivity contribution in [3.05, 3.63) is 23.0 Å². The van der Waals surface area contributed by atoms with Crippen LogP contribution in [0.3, 0.4) is 0 Å². The van der Waals surface area contributed by atoms with E-state index in [9.17, 15) is 0 Å². The molecule has 0 aliphatic heterocycles.